The minimum absolute atomic E-state index is 0.143. The number of aromatic amines is 1. The van der Waals surface area contributed by atoms with Crippen LogP contribution in [-0.4, -0.2) is 19.7 Å². The first kappa shape index (κ1) is 15.5. The average molecular weight is 310 g/mol. The van der Waals surface area contributed by atoms with Gasteiger partial charge in [-0.3, -0.25) is 9.48 Å². The zero-order valence-electron chi connectivity index (χ0n) is 14.1. The molecule has 3 rings (SSSR count). The largest absolute Gasteiger partial charge is 0.305 e. The van der Waals surface area contributed by atoms with E-state index < -0.39 is 0 Å². The van der Waals surface area contributed by atoms with Gasteiger partial charge in [-0.1, -0.05) is 51.5 Å². The van der Waals surface area contributed by atoms with Crippen LogP contribution >= 0.6 is 0 Å². The molecule has 0 unspecified atom stereocenters. The molecular formula is C18H22N4O. The summed E-state index contributed by atoms with van der Waals surface area (Å²) in [6.45, 7) is 6.42. The molecule has 0 aliphatic carbocycles. The molecule has 5 heteroatoms. The Bertz CT molecular complexity index is 888. The van der Waals surface area contributed by atoms with Crippen LogP contribution < -0.4 is 5.56 Å². The second kappa shape index (κ2) is 5.99. The summed E-state index contributed by atoms with van der Waals surface area (Å²) in [5.74, 6) is 1.08. The van der Waals surface area contributed by atoms with E-state index in [2.05, 4.69) is 48.0 Å². The number of aryl methyl sites for hydroxylation is 2. The van der Waals surface area contributed by atoms with Crippen molar-refractivity contribution >= 4 is 11.0 Å². The quantitative estimate of drug-likeness (QED) is 0.803. The molecule has 23 heavy (non-hydrogen) atoms. The molecular weight excluding hydrogens is 288 g/mol. The fourth-order valence-corrected chi connectivity index (χ4v) is 2.81. The lowest BCUT2D eigenvalue weighted by molar-refractivity contribution is 0.751. The van der Waals surface area contributed by atoms with E-state index in [4.69, 9.17) is 0 Å². The van der Waals surface area contributed by atoms with Crippen LogP contribution in [0.15, 0.2) is 29.1 Å². The summed E-state index contributed by atoms with van der Waals surface area (Å²) >= 11 is 0. The normalized spacial score (nSPS) is 11.5. The Morgan fingerprint density at radius 3 is 2.52 bits per heavy atom. The van der Waals surface area contributed by atoms with Crippen molar-refractivity contribution in [2.24, 2.45) is 7.05 Å². The number of fused-ring (bicyclic) bond motifs is 1. The Morgan fingerprint density at radius 2 is 1.91 bits per heavy atom. The number of rotatable bonds is 4. The highest BCUT2D eigenvalue weighted by atomic mass is 16.1. The topological polar surface area (TPSA) is 63.6 Å². The highest BCUT2D eigenvalue weighted by molar-refractivity contribution is 5.78. The number of nitrogens with one attached hydrogen (secondary N) is 1. The van der Waals surface area contributed by atoms with E-state index in [0.717, 1.165) is 24.1 Å². The Kier molecular flexibility index (Phi) is 4.03. The Morgan fingerprint density at radius 1 is 1.22 bits per heavy atom. The molecule has 0 aliphatic heterocycles. The van der Waals surface area contributed by atoms with E-state index in [1.54, 1.807) is 11.7 Å². The van der Waals surface area contributed by atoms with Crippen molar-refractivity contribution in [3.05, 3.63) is 45.9 Å². The second-order valence-corrected chi connectivity index (χ2v) is 6.21. The molecule has 2 heterocycles. The van der Waals surface area contributed by atoms with Gasteiger partial charge in [0, 0.05) is 12.6 Å². The maximum absolute atomic E-state index is 12.4. The van der Waals surface area contributed by atoms with Crippen molar-refractivity contribution in [1.29, 1.82) is 0 Å². The van der Waals surface area contributed by atoms with Gasteiger partial charge >= 0.3 is 0 Å². The highest BCUT2D eigenvalue weighted by Crippen LogP contribution is 2.22. The zero-order valence-corrected chi connectivity index (χ0v) is 14.1. The minimum Gasteiger partial charge on any atom is -0.305 e. The van der Waals surface area contributed by atoms with Crippen molar-refractivity contribution in [3.63, 3.8) is 0 Å². The first-order chi connectivity index (χ1) is 11.0. The van der Waals surface area contributed by atoms with Crippen molar-refractivity contribution < 1.29 is 0 Å². The number of hydrogen-bond acceptors (Lipinski definition) is 3. The monoisotopic (exact) mass is 310 g/mol. The molecule has 0 radical (unpaired) electrons. The molecule has 1 aromatic carbocycles. The van der Waals surface area contributed by atoms with Gasteiger partial charge in [0.15, 0.2) is 5.52 Å². The molecule has 0 amide bonds. The first-order valence-electron chi connectivity index (χ1n) is 8.07. The molecule has 0 fully saturated rings. The lowest BCUT2D eigenvalue weighted by Gasteiger charge is -2.07. The molecule has 1 N–H and O–H groups in total. The fourth-order valence-electron chi connectivity index (χ4n) is 2.81. The van der Waals surface area contributed by atoms with Gasteiger partial charge in [-0.25, -0.2) is 4.98 Å². The molecule has 5 nitrogen and oxygen atoms in total. The van der Waals surface area contributed by atoms with Crippen LogP contribution in [0.25, 0.3) is 22.4 Å². The van der Waals surface area contributed by atoms with E-state index >= 15 is 0 Å². The van der Waals surface area contributed by atoms with Gasteiger partial charge < -0.3 is 4.98 Å². The predicted molar refractivity (Wildman–Crippen MR) is 92.6 cm³/mol. The lowest BCUT2D eigenvalue weighted by Crippen LogP contribution is -2.12. The molecule has 0 aliphatic rings. The van der Waals surface area contributed by atoms with Crippen LogP contribution in [-0.2, 0) is 13.5 Å². The molecule has 2 aromatic heterocycles. The summed E-state index contributed by atoms with van der Waals surface area (Å²) in [4.78, 5) is 20.0. The summed E-state index contributed by atoms with van der Waals surface area (Å²) < 4.78 is 1.62. The van der Waals surface area contributed by atoms with Gasteiger partial charge in [0.2, 0.25) is 0 Å². The van der Waals surface area contributed by atoms with Crippen LogP contribution in [0.5, 0.6) is 0 Å². The summed E-state index contributed by atoms with van der Waals surface area (Å²) in [7, 11) is 1.79. The fraction of sp³-hybridized carbons (Fsp3) is 0.389. The zero-order chi connectivity index (χ0) is 16.6. The molecule has 0 atom stereocenters. The first-order valence-corrected chi connectivity index (χ1v) is 8.07. The highest BCUT2D eigenvalue weighted by Gasteiger charge is 2.15. The van der Waals surface area contributed by atoms with Gasteiger partial charge in [0.1, 0.15) is 11.3 Å². The third-order valence-corrected chi connectivity index (χ3v) is 4.10. The minimum atomic E-state index is -0.143. The van der Waals surface area contributed by atoms with Gasteiger partial charge in [0.25, 0.3) is 5.56 Å². The number of nitrogens with zero attached hydrogens (tertiary/aromatic N) is 3. The van der Waals surface area contributed by atoms with E-state index in [-0.39, 0.29) is 5.56 Å². The van der Waals surface area contributed by atoms with Gasteiger partial charge in [-0.05, 0) is 17.9 Å². The number of hydrogen-bond donors (Lipinski definition) is 1. The van der Waals surface area contributed by atoms with E-state index in [1.807, 2.05) is 12.1 Å². The Balaban J connectivity index is 2.15. The predicted octanol–water partition coefficient (Wildman–Crippen LogP) is 3.40. The van der Waals surface area contributed by atoms with Gasteiger partial charge in [-0.2, -0.15) is 5.10 Å². The van der Waals surface area contributed by atoms with Gasteiger partial charge in [-0.15, -0.1) is 0 Å². The van der Waals surface area contributed by atoms with Crippen LogP contribution in [0.1, 0.15) is 44.4 Å². The molecule has 0 saturated carbocycles. The summed E-state index contributed by atoms with van der Waals surface area (Å²) in [6.07, 6.45) is 1.79. The van der Waals surface area contributed by atoms with Crippen LogP contribution in [0.2, 0.25) is 0 Å². The maximum Gasteiger partial charge on any atom is 0.277 e. The molecule has 0 bridgehead atoms. The summed E-state index contributed by atoms with van der Waals surface area (Å²) in [5.41, 5.74) is 4.17. The van der Waals surface area contributed by atoms with Crippen molar-refractivity contribution in [2.45, 2.75) is 39.5 Å². The summed E-state index contributed by atoms with van der Waals surface area (Å²) in [6, 6.07) is 8.19. The smallest absolute Gasteiger partial charge is 0.277 e. The Labute approximate surface area is 135 Å². The van der Waals surface area contributed by atoms with Crippen LogP contribution in [0, 0.1) is 0 Å². The molecule has 0 spiro atoms. The van der Waals surface area contributed by atoms with Crippen LogP contribution in [0.4, 0.5) is 0 Å². The number of benzene rings is 1. The summed E-state index contributed by atoms with van der Waals surface area (Å²) in [5, 5.41) is 4.45. The molecule has 0 saturated heterocycles. The molecule has 120 valence electrons. The standard InChI is InChI=1S/C18H22N4O/c1-5-6-14-15-16(22(4)21-14)18(23)20-17(19-15)13-9-7-12(8-10-13)11(2)3/h7-11H,5-6H2,1-4H3,(H,19,20,23). The van der Waals surface area contributed by atoms with Crippen LogP contribution in [0.3, 0.4) is 0 Å². The second-order valence-electron chi connectivity index (χ2n) is 6.21. The van der Waals surface area contributed by atoms with E-state index in [0.29, 0.717) is 22.8 Å². The third-order valence-electron chi connectivity index (χ3n) is 4.10. The van der Waals surface area contributed by atoms with E-state index in [9.17, 15) is 4.79 Å². The number of H-pyrrole nitrogens is 1. The average Bonchev–Trinajstić information content (AvgIpc) is 2.84. The Hall–Kier alpha value is -2.43. The van der Waals surface area contributed by atoms with Gasteiger partial charge in [0.05, 0.1) is 5.69 Å². The van der Waals surface area contributed by atoms with Crippen molar-refractivity contribution in [3.8, 4) is 11.4 Å². The van der Waals surface area contributed by atoms with Crippen molar-refractivity contribution in [2.75, 3.05) is 0 Å². The SMILES string of the molecule is CCCc1nn(C)c2c(=O)[nH]c(-c3ccc(C(C)C)cc3)nc12. The lowest BCUT2D eigenvalue weighted by atomic mass is 10.0. The van der Waals surface area contributed by atoms with Crippen molar-refractivity contribution in [1.82, 2.24) is 19.7 Å². The number of aromatic nitrogens is 4. The maximum atomic E-state index is 12.4. The third kappa shape index (κ3) is 2.79. The molecule has 3 aromatic rings. The van der Waals surface area contributed by atoms with E-state index in [1.165, 1.54) is 5.56 Å².